The zero-order valence-electron chi connectivity index (χ0n) is 8.40. The second kappa shape index (κ2) is 4.32. The Morgan fingerprint density at radius 2 is 2.31 bits per heavy atom. The van der Waals surface area contributed by atoms with Gasteiger partial charge in [0.05, 0.1) is 18.7 Å². The number of nitrogens with one attached hydrogen (secondary N) is 1. The van der Waals surface area contributed by atoms with Gasteiger partial charge >= 0.3 is 0 Å². The Hall–Kier alpha value is -1.88. The molecule has 16 heavy (non-hydrogen) atoms. The highest BCUT2D eigenvalue weighted by molar-refractivity contribution is 6.29. The minimum atomic E-state index is -0.376. The number of hydrogen-bond acceptors (Lipinski definition) is 4. The first kappa shape index (κ1) is 10.6. The average molecular weight is 238 g/mol. The second-order valence-electron chi connectivity index (χ2n) is 3.11. The van der Waals surface area contributed by atoms with Gasteiger partial charge in [0.1, 0.15) is 5.15 Å². The van der Waals surface area contributed by atoms with Crippen molar-refractivity contribution in [2.24, 2.45) is 0 Å². The van der Waals surface area contributed by atoms with Gasteiger partial charge in [-0.2, -0.15) is 0 Å². The number of carbonyl (C=O) groups is 1. The Morgan fingerprint density at radius 1 is 1.50 bits per heavy atom. The number of rotatable bonds is 2. The first-order valence-electron chi connectivity index (χ1n) is 4.50. The fourth-order valence-electron chi connectivity index (χ4n) is 1.18. The van der Waals surface area contributed by atoms with Crippen molar-refractivity contribution >= 4 is 23.3 Å². The van der Waals surface area contributed by atoms with Gasteiger partial charge in [0, 0.05) is 5.56 Å². The third kappa shape index (κ3) is 2.20. The molecule has 0 unspecified atom stereocenters. The van der Waals surface area contributed by atoms with Gasteiger partial charge in [-0.25, -0.2) is 4.98 Å². The molecule has 0 fully saturated rings. The lowest BCUT2D eigenvalue weighted by atomic mass is 10.3. The van der Waals surface area contributed by atoms with E-state index in [0.29, 0.717) is 0 Å². The molecule has 0 aliphatic heterocycles. The van der Waals surface area contributed by atoms with E-state index in [4.69, 9.17) is 16.0 Å². The predicted molar refractivity (Wildman–Crippen MR) is 58.4 cm³/mol. The lowest BCUT2D eigenvalue weighted by Crippen LogP contribution is -2.13. The fraction of sp³-hybridized carbons (Fsp3) is 0.100. The van der Waals surface area contributed by atoms with Gasteiger partial charge in [0.2, 0.25) is 0 Å². The molecule has 0 saturated heterocycles. The lowest BCUT2D eigenvalue weighted by Gasteiger charge is -2.02. The number of amides is 1. The minimum Gasteiger partial charge on any atom is -0.459 e. The largest absolute Gasteiger partial charge is 0.459 e. The highest BCUT2D eigenvalue weighted by Crippen LogP contribution is 2.12. The van der Waals surface area contributed by atoms with Crippen LogP contribution in [0.5, 0.6) is 0 Å². The summed E-state index contributed by atoms with van der Waals surface area (Å²) in [5.74, 6) is 0.161. The van der Waals surface area contributed by atoms with Crippen LogP contribution < -0.4 is 5.32 Å². The zero-order valence-corrected chi connectivity index (χ0v) is 9.15. The van der Waals surface area contributed by atoms with Crippen molar-refractivity contribution in [1.29, 1.82) is 0 Å². The van der Waals surface area contributed by atoms with Crippen LogP contribution >= 0.6 is 11.6 Å². The highest BCUT2D eigenvalue weighted by Gasteiger charge is 2.13. The molecule has 5 nitrogen and oxygen atoms in total. The van der Waals surface area contributed by atoms with Gasteiger partial charge in [-0.3, -0.25) is 9.78 Å². The normalized spacial score (nSPS) is 10.1. The van der Waals surface area contributed by atoms with Crippen LogP contribution in [-0.2, 0) is 0 Å². The van der Waals surface area contributed by atoms with E-state index in [-0.39, 0.29) is 22.6 Å². The van der Waals surface area contributed by atoms with E-state index in [0.717, 1.165) is 5.56 Å². The second-order valence-corrected chi connectivity index (χ2v) is 3.50. The van der Waals surface area contributed by atoms with Crippen molar-refractivity contribution in [3.8, 4) is 0 Å². The highest BCUT2D eigenvalue weighted by atomic mass is 35.5. The molecule has 0 aliphatic rings. The van der Waals surface area contributed by atoms with Gasteiger partial charge in [0.25, 0.3) is 5.91 Å². The number of furan rings is 1. The first-order valence-corrected chi connectivity index (χ1v) is 4.87. The third-order valence-electron chi connectivity index (χ3n) is 1.92. The molecule has 0 aliphatic carbocycles. The van der Waals surface area contributed by atoms with E-state index in [9.17, 15) is 4.79 Å². The number of nitrogens with zero attached hydrogens (tertiary/aromatic N) is 2. The van der Waals surface area contributed by atoms with Crippen LogP contribution in [0.15, 0.2) is 29.1 Å². The molecule has 0 atom stereocenters. The summed E-state index contributed by atoms with van der Waals surface area (Å²) in [4.78, 5) is 19.4. The molecule has 2 aromatic rings. The molecule has 2 aromatic heterocycles. The van der Waals surface area contributed by atoms with Gasteiger partial charge in [-0.05, 0) is 13.0 Å². The van der Waals surface area contributed by atoms with Crippen LogP contribution in [0.3, 0.4) is 0 Å². The van der Waals surface area contributed by atoms with Crippen LogP contribution in [0.25, 0.3) is 0 Å². The smallest absolute Gasteiger partial charge is 0.292 e. The molecule has 1 N–H and O–H groups in total. The van der Waals surface area contributed by atoms with Crippen LogP contribution in [0, 0.1) is 6.92 Å². The van der Waals surface area contributed by atoms with Crippen molar-refractivity contribution < 1.29 is 9.21 Å². The third-order valence-corrected chi connectivity index (χ3v) is 2.10. The number of hydrogen-bond donors (Lipinski definition) is 1. The number of anilines is 1. The molecule has 6 heteroatoms. The summed E-state index contributed by atoms with van der Waals surface area (Å²) in [6.07, 6.45) is 4.24. The Morgan fingerprint density at radius 3 is 2.94 bits per heavy atom. The first-order chi connectivity index (χ1) is 7.66. The number of aromatic nitrogens is 2. The van der Waals surface area contributed by atoms with E-state index in [1.54, 1.807) is 13.0 Å². The molecular formula is C10H8ClN3O2. The van der Waals surface area contributed by atoms with Crippen molar-refractivity contribution in [3.05, 3.63) is 41.2 Å². The summed E-state index contributed by atoms with van der Waals surface area (Å²) in [6, 6.07) is 1.71. The molecule has 0 radical (unpaired) electrons. The molecule has 0 aromatic carbocycles. The van der Waals surface area contributed by atoms with E-state index >= 15 is 0 Å². The minimum absolute atomic E-state index is 0.217. The Kier molecular flexibility index (Phi) is 2.87. The van der Waals surface area contributed by atoms with Crippen molar-refractivity contribution in [1.82, 2.24) is 9.97 Å². The standard InChI is InChI=1S/C10H8ClN3O2/c1-6-2-3-16-9(6)10(15)14-8-5-12-4-7(11)13-8/h2-5H,1H3,(H,13,14,15). The number of carbonyl (C=O) groups excluding carboxylic acids is 1. The van der Waals surface area contributed by atoms with Crippen molar-refractivity contribution in [2.75, 3.05) is 5.32 Å². The Labute approximate surface area is 96.5 Å². The maximum absolute atomic E-state index is 11.7. The van der Waals surface area contributed by atoms with Crippen LogP contribution in [0.1, 0.15) is 16.1 Å². The van der Waals surface area contributed by atoms with Crippen LogP contribution in [0.2, 0.25) is 5.15 Å². The SMILES string of the molecule is Cc1ccoc1C(=O)Nc1cncc(Cl)n1. The molecule has 0 bridgehead atoms. The Balaban J connectivity index is 2.17. The van der Waals surface area contributed by atoms with Crippen LogP contribution in [-0.4, -0.2) is 15.9 Å². The maximum Gasteiger partial charge on any atom is 0.292 e. The van der Waals surface area contributed by atoms with Gasteiger partial charge < -0.3 is 9.73 Å². The van der Waals surface area contributed by atoms with Crippen molar-refractivity contribution in [3.63, 3.8) is 0 Å². The summed E-state index contributed by atoms with van der Waals surface area (Å²) in [6.45, 7) is 1.78. The van der Waals surface area contributed by atoms with E-state index in [1.807, 2.05) is 0 Å². The predicted octanol–water partition coefficient (Wildman–Crippen LogP) is 2.28. The fourth-order valence-corrected chi connectivity index (χ4v) is 1.33. The molecule has 2 rings (SSSR count). The molecular weight excluding hydrogens is 230 g/mol. The summed E-state index contributed by atoms with van der Waals surface area (Å²) >= 11 is 5.64. The molecule has 0 saturated carbocycles. The lowest BCUT2D eigenvalue weighted by molar-refractivity contribution is 0.0995. The average Bonchev–Trinajstić information content (AvgIpc) is 2.64. The van der Waals surface area contributed by atoms with Gasteiger partial charge in [-0.1, -0.05) is 11.6 Å². The quantitative estimate of drug-likeness (QED) is 0.870. The summed E-state index contributed by atoms with van der Waals surface area (Å²) in [5, 5.41) is 2.75. The van der Waals surface area contributed by atoms with E-state index in [1.165, 1.54) is 18.7 Å². The number of halogens is 1. The van der Waals surface area contributed by atoms with Crippen molar-refractivity contribution in [2.45, 2.75) is 6.92 Å². The Bertz CT molecular complexity index is 524. The van der Waals surface area contributed by atoms with Gasteiger partial charge in [0.15, 0.2) is 11.6 Å². The molecule has 0 spiro atoms. The van der Waals surface area contributed by atoms with Crippen LogP contribution in [0.4, 0.5) is 5.82 Å². The van der Waals surface area contributed by atoms with E-state index < -0.39 is 0 Å². The summed E-state index contributed by atoms with van der Waals surface area (Å²) in [5.41, 5.74) is 0.757. The summed E-state index contributed by atoms with van der Waals surface area (Å²) in [7, 11) is 0. The zero-order chi connectivity index (χ0) is 11.5. The van der Waals surface area contributed by atoms with E-state index in [2.05, 4.69) is 15.3 Å². The molecule has 82 valence electrons. The molecule has 1 amide bonds. The summed E-state index contributed by atoms with van der Waals surface area (Å²) < 4.78 is 5.04. The monoisotopic (exact) mass is 237 g/mol. The maximum atomic E-state index is 11.7. The van der Waals surface area contributed by atoms with Gasteiger partial charge in [-0.15, -0.1) is 0 Å². The number of aryl methyl sites for hydroxylation is 1. The topological polar surface area (TPSA) is 68.0 Å². The molecule has 2 heterocycles.